The predicted octanol–water partition coefficient (Wildman–Crippen LogP) is 3.93. The number of unbranched alkanes of at least 4 members (excludes halogenated alkanes) is 1. The van der Waals surface area contributed by atoms with Crippen LogP contribution in [0.1, 0.15) is 42.1 Å². The first-order chi connectivity index (χ1) is 13.5. The third kappa shape index (κ3) is 5.19. The van der Waals surface area contributed by atoms with E-state index in [1.807, 2.05) is 18.2 Å². The van der Waals surface area contributed by atoms with Gasteiger partial charge in [-0.2, -0.15) is 0 Å². The van der Waals surface area contributed by atoms with Crippen LogP contribution >= 0.6 is 0 Å². The maximum Gasteiger partial charge on any atom is 0.222 e. The summed E-state index contributed by atoms with van der Waals surface area (Å²) in [6.07, 6.45) is 3.27. The van der Waals surface area contributed by atoms with E-state index in [-0.39, 0.29) is 30.2 Å². The van der Waals surface area contributed by atoms with Crippen LogP contribution in [0.2, 0.25) is 0 Å². The third-order valence-electron chi connectivity index (χ3n) is 5.29. The van der Waals surface area contributed by atoms with Gasteiger partial charge in [-0.3, -0.25) is 4.79 Å². The summed E-state index contributed by atoms with van der Waals surface area (Å²) in [7, 11) is -3.50. The molecule has 2 aromatic rings. The number of hydrogen-bond donors (Lipinski definition) is 0. The van der Waals surface area contributed by atoms with Gasteiger partial charge < -0.3 is 4.90 Å². The van der Waals surface area contributed by atoms with Crippen molar-refractivity contribution in [3.8, 4) is 0 Å². The number of carbonyl (C=O) groups is 1. The molecule has 4 nitrogen and oxygen atoms in total. The Labute approximate surface area is 166 Å². The van der Waals surface area contributed by atoms with E-state index in [1.165, 1.54) is 17.7 Å². The molecule has 0 N–H and O–H groups in total. The average Bonchev–Trinajstić information content (AvgIpc) is 2.84. The van der Waals surface area contributed by atoms with Crippen molar-refractivity contribution in [2.75, 3.05) is 18.8 Å². The van der Waals surface area contributed by atoms with Crippen molar-refractivity contribution in [2.24, 2.45) is 0 Å². The highest BCUT2D eigenvalue weighted by Crippen LogP contribution is 2.31. The van der Waals surface area contributed by atoms with Crippen LogP contribution in [0, 0.1) is 5.82 Å². The first kappa shape index (κ1) is 20.5. The Morgan fingerprint density at radius 1 is 1.00 bits per heavy atom. The van der Waals surface area contributed by atoms with Gasteiger partial charge in [0.05, 0.1) is 11.0 Å². The van der Waals surface area contributed by atoms with Crippen LogP contribution < -0.4 is 0 Å². The second-order valence-electron chi connectivity index (χ2n) is 7.24. The van der Waals surface area contributed by atoms with Crippen molar-refractivity contribution in [3.63, 3.8) is 0 Å². The molecule has 6 heteroatoms. The van der Waals surface area contributed by atoms with Gasteiger partial charge >= 0.3 is 0 Å². The molecule has 1 saturated heterocycles. The molecule has 0 aromatic heterocycles. The Bertz CT molecular complexity index is 899. The maximum atomic E-state index is 14.1. The molecule has 0 aliphatic carbocycles. The molecule has 0 saturated carbocycles. The number of sulfone groups is 1. The second-order valence-corrected chi connectivity index (χ2v) is 9.54. The van der Waals surface area contributed by atoms with Crippen LogP contribution in [-0.2, 0) is 21.1 Å². The summed E-state index contributed by atoms with van der Waals surface area (Å²) >= 11 is 0. The first-order valence-corrected chi connectivity index (χ1v) is 11.5. The SMILES string of the molecule is O=C(CCCCc1ccccc1)N1CCC(c2ccccc2F)S(=O)(=O)CC1. The largest absolute Gasteiger partial charge is 0.342 e. The summed E-state index contributed by atoms with van der Waals surface area (Å²) in [6, 6.07) is 16.1. The zero-order chi connectivity index (χ0) is 20.0. The number of benzene rings is 2. The standard InChI is InChI=1S/C22H26FNO3S/c23-20-12-6-5-11-19(20)21-14-15-24(16-17-28(21,26)27)22(25)13-7-4-10-18-8-2-1-3-9-18/h1-3,5-6,8-9,11-12,21H,4,7,10,13-17H2. The number of rotatable bonds is 6. The lowest BCUT2D eigenvalue weighted by Crippen LogP contribution is -2.33. The van der Waals surface area contributed by atoms with Crippen molar-refractivity contribution in [2.45, 2.75) is 37.4 Å². The quantitative estimate of drug-likeness (QED) is 0.687. The molecule has 0 bridgehead atoms. The van der Waals surface area contributed by atoms with Crippen molar-refractivity contribution >= 4 is 15.7 Å². The molecule has 0 spiro atoms. The Morgan fingerprint density at radius 3 is 2.46 bits per heavy atom. The van der Waals surface area contributed by atoms with Crippen molar-refractivity contribution in [1.29, 1.82) is 0 Å². The van der Waals surface area contributed by atoms with E-state index in [2.05, 4.69) is 12.1 Å². The van der Waals surface area contributed by atoms with Crippen molar-refractivity contribution in [3.05, 3.63) is 71.5 Å². The molecular weight excluding hydrogens is 377 g/mol. The van der Waals surface area contributed by atoms with Crippen LogP contribution in [-0.4, -0.2) is 38.1 Å². The van der Waals surface area contributed by atoms with Gasteiger partial charge in [0.1, 0.15) is 5.82 Å². The fourth-order valence-corrected chi connectivity index (χ4v) is 5.49. The van der Waals surface area contributed by atoms with E-state index in [1.54, 1.807) is 17.0 Å². The molecule has 1 unspecified atom stereocenters. The molecular formula is C22H26FNO3S. The zero-order valence-corrected chi connectivity index (χ0v) is 16.7. The second kappa shape index (κ2) is 9.32. The zero-order valence-electron chi connectivity index (χ0n) is 15.9. The van der Waals surface area contributed by atoms with E-state index >= 15 is 0 Å². The maximum absolute atomic E-state index is 14.1. The van der Waals surface area contributed by atoms with E-state index in [9.17, 15) is 17.6 Å². The normalized spacial score (nSPS) is 19.2. The molecule has 1 atom stereocenters. The van der Waals surface area contributed by atoms with Gasteiger partial charge in [0.2, 0.25) is 5.91 Å². The molecule has 28 heavy (non-hydrogen) atoms. The predicted molar refractivity (Wildman–Crippen MR) is 108 cm³/mol. The molecule has 1 heterocycles. The first-order valence-electron chi connectivity index (χ1n) is 9.75. The molecule has 1 amide bonds. The number of hydrogen-bond acceptors (Lipinski definition) is 3. The summed E-state index contributed by atoms with van der Waals surface area (Å²) in [5, 5.41) is -0.885. The van der Waals surface area contributed by atoms with Gasteiger partial charge in [0.15, 0.2) is 9.84 Å². The summed E-state index contributed by atoms with van der Waals surface area (Å²) in [6.45, 7) is 0.528. The van der Waals surface area contributed by atoms with Crippen LogP contribution in [0.15, 0.2) is 54.6 Å². The monoisotopic (exact) mass is 403 g/mol. The Hall–Kier alpha value is -2.21. The van der Waals surface area contributed by atoms with E-state index < -0.39 is 20.9 Å². The van der Waals surface area contributed by atoms with Crippen molar-refractivity contribution < 1.29 is 17.6 Å². The summed E-state index contributed by atoms with van der Waals surface area (Å²) in [5.41, 5.74) is 1.46. The fourth-order valence-electron chi connectivity index (χ4n) is 3.69. The number of amides is 1. The van der Waals surface area contributed by atoms with Crippen LogP contribution in [0.25, 0.3) is 0 Å². The van der Waals surface area contributed by atoms with Gasteiger partial charge in [-0.25, -0.2) is 12.8 Å². The number of halogens is 1. The molecule has 0 radical (unpaired) electrons. The average molecular weight is 404 g/mol. The minimum Gasteiger partial charge on any atom is -0.342 e. The number of nitrogens with zero attached hydrogens (tertiary/aromatic N) is 1. The van der Waals surface area contributed by atoms with Gasteiger partial charge in [-0.1, -0.05) is 48.5 Å². The Kier molecular flexibility index (Phi) is 6.83. The summed E-state index contributed by atoms with van der Waals surface area (Å²) < 4.78 is 39.4. The van der Waals surface area contributed by atoms with Gasteiger partial charge in [0.25, 0.3) is 0 Å². The molecule has 1 aliphatic rings. The molecule has 3 rings (SSSR count). The van der Waals surface area contributed by atoms with E-state index in [4.69, 9.17) is 0 Å². The molecule has 150 valence electrons. The minimum absolute atomic E-state index is 0.0163. The summed E-state index contributed by atoms with van der Waals surface area (Å²) in [4.78, 5) is 14.2. The molecule has 2 aromatic carbocycles. The minimum atomic E-state index is -3.50. The molecule has 1 fully saturated rings. The number of aryl methyl sites for hydroxylation is 1. The van der Waals surface area contributed by atoms with Crippen LogP contribution in [0.3, 0.4) is 0 Å². The lowest BCUT2D eigenvalue weighted by molar-refractivity contribution is -0.131. The highest BCUT2D eigenvalue weighted by Gasteiger charge is 2.33. The van der Waals surface area contributed by atoms with Crippen LogP contribution in [0.5, 0.6) is 0 Å². The lowest BCUT2D eigenvalue weighted by Gasteiger charge is -2.20. The van der Waals surface area contributed by atoms with Crippen molar-refractivity contribution in [1.82, 2.24) is 4.90 Å². The third-order valence-corrected chi connectivity index (χ3v) is 7.40. The smallest absolute Gasteiger partial charge is 0.222 e. The Balaban J connectivity index is 1.55. The highest BCUT2D eigenvalue weighted by atomic mass is 32.2. The van der Waals surface area contributed by atoms with E-state index in [0.717, 1.165) is 19.3 Å². The van der Waals surface area contributed by atoms with Gasteiger partial charge in [0, 0.05) is 25.1 Å². The molecule has 1 aliphatic heterocycles. The number of carbonyl (C=O) groups excluding carboxylic acids is 1. The fraction of sp³-hybridized carbons (Fsp3) is 0.409. The Morgan fingerprint density at radius 2 is 1.71 bits per heavy atom. The van der Waals surface area contributed by atoms with Gasteiger partial charge in [-0.15, -0.1) is 0 Å². The van der Waals surface area contributed by atoms with Gasteiger partial charge in [-0.05, 0) is 37.3 Å². The highest BCUT2D eigenvalue weighted by molar-refractivity contribution is 7.91. The van der Waals surface area contributed by atoms with Crippen LogP contribution in [0.4, 0.5) is 4.39 Å². The van der Waals surface area contributed by atoms with E-state index in [0.29, 0.717) is 13.0 Å². The summed E-state index contributed by atoms with van der Waals surface area (Å²) in [5.74, 6) is -0.643. The lowest BCUT2D eigenvalue weighted by atomic mass is 10.1. The topological polar surface area (TPSA) is 54.5 Å².